The molecule has 4 nitrogen and oxygen atoms in total. The van der Waals surface area contributed by atoms with Gasteiger partial charge < -0.3 is 10.0 Å². The van der Waals surface area contributed by atoms with Gasteiger partial charge in [-0.25, -0.2) is 0 Å². The molecule has 1 fully saturated rings. The van der Waals surface area contributed by atoms with Crippen LogP contribution in [0.15, 0.2) is 0 Å². The molecule has 0 radical (unpaired) electrons. The monoisotopic (exact) mass is 246 g/mol. The number of rotatable bonds is 3. The predicted molar refractivity (Wildman–Crippen MR) is 67.8 cm³/mol. The molecule has 1 aliphatic rings. The third-order valence-electron chi connectivity index (χ3n) is 2.65. The van der Waals surface area contributed by atoms with E-state index in [0.29, 0.717) is 6.54 Å². The Hall–Kier alpha value is -0.260. The number of nitrogens with zero attached hydrogens (tertiary/aromatic N) is 2. The van der Waals surface area contributed by atoms with Gasteiger partial charge in [0.15, 0.2) is 0 Å². The lowest BCUT2D eigenvalue weighted by molar-refractivity contribution is -0.132. The highest BCUT2D eigenvalue weighted by Crippen LogP contribution is 2.10. The second-order valence-electron chi connectivity index (χ2n) is 5.09. The highest BCUT2D eigenvalue weighted by molar-refractivity contribution is 7.81. The van der Waals surface area contributed by atoms with Crippen molar-refractivity contribution in [3.8, 4) is 0 Å². The van der Waals surface area contributed by atoms with Crippen molar-refractivity contribution >= 4 is 18.5 Å². The van der Waals surface area contributed by atoms with Crippen molar-refractivity contribution in [2.75, 3.05) is 32.7 Å². The van der Waals surface area contributed by atoms with E-state index in [1.807, 2.05) is 4.90 Å². The molecule has 1 rings (SSSR count). The highest BCUT2D eigenvalue weighted by Gasteiger charge is 2.25. The smallest absolute Gasteiger partial charge is 0.235 e. The first-order chi connectivity index (χ1) is 7.29. The second-order valence-corrected chi connectivity index (χ2v) is 5.86. The molecule has 0 aromatic carbocycles. The van der Waals surface area contributed by atoms with Crippen molar-refractivity contribution in [2.24, 2.45) is 0 Å². The van der Waals surface area contributed by atoms with Crippen LogP contribution in [0.25, 0.3) is 0 Å². The minimum atomic E-state index is -0.664. The molecule has 5 heteroatoms. The van der Waals surface area contributed by atoms with Gasteiger partial charge >= 0.3 is 0 Å². The Morgan fingerprint density at radius 2 is 1.88 bits per heavy atom. The summed E-state index contributed by atoms with van der Waals surface area (Å²) in [4.78, 5) is 15.7. The Morgan fingerprint density at radius 1 is 1.38 bits per heavy atom. The van der Waals surface area contributed by atoms with Crippen molar-refractivity contribution < 1.29 is 9.90 Å². The first kappa shape index (κ1) is 13.8. The molecular formula is C11H22N2O2S. The van der Waals surface area contributed by atoms with Crippen LogP contribution < -0.4 is 0 Å². The maximum atomic E-state index is 11.7. The molecule has 16 heavy (non-hydrogen) atoms. The minimum absolute atomic E-state index is 0.103. The van der Waals surface area contributed by atoms with Gasteiger partial charge in [-0.15, -0.1) is 0 Å². The quantitative estimate of drug-likeness (QED) is 0.700. The fraction of sp³-hybridized carbons (Fsp3) is 0.909. The van der Waals surface area contributed by atoms with Gasteiger partial charge in [-0.1, -0.05) is 0 Å². The molecule has 0 spiro atoms. The van der Waals surface area contributed by atoms with Crippen LogP contribution in [0, 0.1) is 0 Å². The topological polar surface area (TPSA) is 43.8 Å². The first-order valence-electron chi connectivity index (χ1n) is 5.71. The van der Waals surface area contributed by atoms with Crippen molar-refractivity contribution in [3.05, 3.63) is 0 Å². The predicted octanol–water partition coefficient (Wildman–Crippen LogP) is 0.220. The number of hydrogen-bond donors (Lipinski definition) is 2. The summed E-state index contributed by atoms with van der Waals surface area (Å²) in [5.41, 5.74) is -0.664. The number of amides is 1. The van der Waals surface area contributed by atoms with E-state index in [2.05, 4.69) is 17.5 Å². The van der Waals surface area contributed by atoms with Crippen molar-refractivity contribution in [2.45, 2.75) is 31.6 Å². The molecule has 1 amide bonds. The Bertz CT molecular complexity index is 243. The molecule has 0 aliphatic carbocycles. The van der Waals surface area contributed by atoms with Gasteiger partial charge in [-0.05, 0) is 20.8 Å². The Morgan fingerprint density at radius 3 is 2.25 bits per heavy atom. The molecule has 0 saturated carbocycles. The number of hydrogen-bond acceptors (Lipinski definition) is 4. The van der Waals surface area contributed by atoms with Crippen LogP contribution in [0.4, 0.5) is 0 Å². The summed E-state index contributed by atoms with van der Waals surface area (Å²) in [5, 5.41) is 9.48. The third-order valence-corrected chi connectivity index (χ3v) is 2.87. The van der Waals surface area contributed by atoms with E-state index in [1.54, 1.807) is 20.8 Å². The molecule has 0 bridgehead atoms. The number of carbonyl (C=O) groups is 1. The molecular weight excluding hydrogens is 224 g/mol. The average molecular weight is 246 g/mol. The van der Waals surface area contributed by atoms with E-state index in [4.69, 9.17) is 0 Å². The van der Waals surface area contributed by atoms with Crippen molar-refractivity contribution in [1.82, 2.24) is 9.80 Å². The Balaban J connectivity index is 2.37. The summed E-state index contributed by atoms with van der Waals surface area (Å²) >= 11 is 4.15. The summed E-state index contributed by atoms with van der Waals surface area (Å²) in [7, 11) is 0. The standard InChI is InChI=1S/C11H22N2O2S/c1-9(16)10(14)13-6-4-12(5-7-13)8-11(2,3)15/h9,15-16H,4-8H2,1-3H3. The highest BCUT2D eigenvalue weighted by atomic mass is 32.1. The van der Waals surface area contributed by atoms with Crippen molar-refractivity contribution in [1.29, 1.82) is 0 Å². The third kappa shape index (κ3) is 4.31. The van der Waals surface area contributed by atoms with E-state index in [1.165, 1.54) is 0 Å². The van der Waals surface area contributed by atoms with Gasteiger partial charge in [0.2, 0.25) is 5.91 Å². The van der Waals surface area contributed by atoms with Crippen molar-refractivity contribution in [3.63, 3.8) is 0 Å². The van der Waals surface area contributed by atoms with E-state index in [-0.39, 0.29) is 11.2 Å². The average Bonchev–Trinajstić information content (AvgIpc) is 2.15. The van der Waals surface area contributed by atoms with Gasteiger partial charge in [0.25, 0.3) is 0 Å². The van der Waals surface area contributed by atoms with Crippen LogP contribution in [-0.4, -0.2) is 64.4 Å². The normalized spacial score (nSPS) is 20.9. The largest absolute Gasteiger partial charge is 0.389 e. The fourth-order valence-corrected chi connectivity index (χ4v) is 2.10. The lowest BCUT2D eigenvalue weighted by Crippen LogP contribution is -2.53. The molecule has 1 heterocycles. The fourth-order valence-electron chi connectivity index (χ4n) is 1.94. The van der Waals surface area contributed by atoms with Gasteiger partial charge in [-0.3, -0.25) is 9.69 Å². The van der Waals surface area contributed by atoms with Gasteiger partial charge in [0.05, 0.1) is 10.9 Å². The SMILES string of the molecule is CC(S)C(=O)N1CCN(CC(C)(C)O)CC1. The molecule has 0 aromatic heterocycles. The van der Waals surface area contributed by atoms with E-state index in [9.17, 15) is 9.90 Å². The number of piperazine rings is 1. The summed E-state index contributed by atoms with van der Waals surface area (Å²) < 4.78 is 0. The molecule has 94 valence electrons. The van der Waals surface area contributed by atoms with E-state index < -0.39 is 5.60 Å². The molecule has 1 aliphatic heterocycles. The second kappa shape index (κ2) is 5.38. The number of aliphatic hydroxyl groups is 1. The molecule has 1 unspecified atom stereocenters. The molecule has 1 saturated heterocycles. The van der Waals surface area contributed by atoms with Crippen LogP contribution >= 0.6 is 12.6 Å². The lowest BCUT2D eigenvalue weighted by atomic mass is 10.1. The minimum Gasteiger partial charge on any atom is -0.389 e. The Kier molecular flexibility index (Phi) is 4.64. The van der Waals surface area contributed by atoms with Crippen LogP contribution in [0.2, 0.25) is 0 Å². The number of β-amino-alcohol motifs (C(OH)–C–C–N with tert-alkyl or cyclic N) is 1. The Labute approximate surface area is 103 Å². The van der Waals surface area contributed by atoms with E-state index >= 15 is 0 Å². The zero-order valence-corrected chi connectivity index (χ0v) is 11.2. The maximum absolute atomic E-state index is 11.7. The van der Waals surface area contributed by atoms with Crippen LogP contribution in [0.3, 0.4) is 0 Å². The van der Waals surface area contributed by atoms with Crippen LogP contribution in [-0.2, 0) is 4.79 Å². The number of carbonyl (C=O) groups excluding carboxylic acids is 1. The lowest BCUT2D eigenvalue weighted by Gasteiger charge is -2.37. The maximum Gasteiger partial charge on any atom is 0.235 e. The summed E-state index contributed by atoms with van der Waals surface area (Å²) in [6.45, 7) is 9.20. The van der Waals surface area contributed by atoms with Gasteiger partial charge in [0.1, 0.15) is 0 Å². The summed E-state index contributed by atoms with van der Waals surface area (Å²) in [6, 6.07) is 0. The van der Waals surface area contributed by atoms with Crippen LogP contribution in [0.1, 0.15) is 20.8 Å². The molecule has 0 aromatic rings. The summed E-state index contributed by atoms with van der Waals surface area (Å²) in [5.74, 6) is 0.103. The first-order valence-corrected chi connectivity index (χ1v) is 6.23. The zero-order valence-electron chi connectivity index (χ0n) is 10.3. The molecule has 1 atom stereocenters. The number of thiol groups is 1. The van der Waals surface area contributed by atoms with Gasteiger partial charge in [0, 0.05) is 32.7 Å². The zero-order chi connectivity index (χ0) is 12.3. The van der Waals surface area contributed by atoms with Gasteiger partial charge in [-0.2, -0.15) is 12.6 Å². The van der Waals surface area contributed by atoms with Crippen LogP contribution in [0.5, 0.6) is 0 Å². The molecule has 1 N–H and O–H groups in total. The summed E-state index contributed by atoms with van der Waals surface area (Å²) in [6.07, 6.45) is 0. The van der Waals surface area contributed by atoms with E-state index in [0.717, 1.165) is 26.2 Å².